The predicted molar refractivity (Wildman–Crippen MR) is 144 cm³/mol. The highest BCUT2D eigenvalue weighted by Gasteiger charge is 2.55. The minimum Gasteiger partial charge on any atom is -0.465 e. The van der Waals surface area contributed by atoms with Crippen LogP contribution in [0.25, 0.3) is 32.9 Å². The first-order chi connectivity index (χ1) is 17.6. The van der Waals surface area contributed by atoms with Crippen molar-refractivity contribution in [2.75, 3.05) is 0 Å². The number of rotatable bonds is 3. The summed E-state index contributed by atoms with van der Waals surface area (Å²) >= 11 is 0. The van der Waals surface area contributed by atoms with Gasteiger partial charge in [-0.1, -0.05) is 36.4 Å². The number of aromatic nitrogens is 2. The van der Waals surface area contributed by atoms with Crippen LogP contribution in [0.4, 0.5) is 4.79 Å². The number of nitrogens with zero attached hydrogens (tertiary/aromatic N) is 2. The van der Waals surface area contributed by atoms with Crippen molar-refractivity contribution in [3.63, 3.8) is 0 Å². The molecule has 0 spiro atoms. The zero-order valence-corrected chi connectivity index (χ0v) is 21.5. The maximum absolute atomic E-state index is 11.8. The number of likely N-dealkylation sites (tertiary alicyclic amines) is 1. The van der Waals surface area contributed by atoms with Gasteiger partial charge in [-0.3, -0.25) is 4.90 Å². The third-order valence-electron chi connectivity index (χ3n) is 8.86. The lowest BCUT2D eigenvalue weighted by Gasteiger charge is -2.32. The monoisotopic (exact) mass is 495 g/mol. The summed E-state index contributed by atoms with van der Waals surface area (Å²) in [6.45, 7) is 8.27. The third kappa shape index (κ3) is 3.57. The van der Waals surface area contributed by atoms with Crippen molar-refractivity contribution in [3.8, 4) is 11.1 Å². The second kappa shape index (κ2) is 7.59. The molecule has 188 valence electrons. The molecule has 2 saturated heterocycles. The Balaban J connectivity index is 1.17. The lowest BCUT2D eigenvalue weighted by molar-refractivity contribution is 0.00578. The van der Waals surface area contributed by atoms with Crippen LogP contribution in [0.3, 0.4) is 0 Å². The van der Waals surface area contributed by atoms with Crippen molar-refractivity contribution >= 4 is 40.5 Å². The number of carbonyl (C=O) groups is 1. The molecule has 1 saturated carbocycles. The number of imidazole rings is 1. The zero-order valence-electron chi connectivity index (χ0n) is 21.5. The number of carboxylic acid groups (broad SMARTS) is 1. The van der Waals surface area contributed by atoms with Gasteiger partial charge in [-0.15, -0.1) is 0 Å². The van der Waals surface area contributed by atoms with E-state index in [0.717, 1.165) is 57.1 Å². The first-order valence-electron chi connectivity index (χ1n) is 13.0. The van der Waals surface area contributed by atoms with E-state index in [1.165, 1.54) is 0 Å². The molecule has 8 heteroatoms. The highest BCUT2D eigenvalue weighted by Crippen LogP contribution is 2.53. The molecule has 3 heterocycles. The van der Waals surface area contributed by atoms with Crippen molar-refractivity contribution in [3.05, 3.63) is 60.4 Å². The smallest absolute Gasteiger partial charge is 0.465 e. The number of H-pyrrole nitrogens is 1. The van der Waals surface area contributed by atoms with Gasteiger partial charge in [-0.2, -0.15) is 0 Å². The summed E-state index contributed by atoms with van der Waals surface area (Å²) in [5.41, 5.74) is 4.27. The van der Waals surface area contributed by atoms with Gasteiger partial charge in [0, 0.05) is 6.04 Å². The van der Waals surface area contributed by atoms with Crippen LogP contribution in [0.5, 0.6) is 0 Å². The predicted octanol–water partition coefficient (Wildman–Crippen LogP) is 5.50. The number of amides is 1. The van der Waals surface area contributed by atoms with Crippen LogP contribution in [-0.2, 0) is 9.31 Å². The maximum Gasteiger partial charge on any atom is 0.494 e. The van der Waals surface area contributed by atoms with Crippen molar-refractivity contribution in [1.29, 1.82) is 0 Å². The van der Waals surface area contributed by atoms with Crippen LogP contribution in [0.15, 0.2) is 54.6 Å². The van der Waals surface area contributed by atoms with E-state index in [1.807, 2.05) is 6.07 Å². The van der Waals surface area contributed by atoms with Crippen molar-refractivity contribution < 1.29 is 19.2 Å². The molecule has 1 amide bonds. The van der Waals surface area contributed by atoms with E-state index in [0.29, 0.717) is 5.92 Å². The molecule has 3 aliphatic rings. The summed E-state index contributed by atoms with van der Waals surface area (Å²) in [7, 11) is -0.381. The van der Waals surface area contributed by atoms with Crippen LogP contribution < -0.4 is 5.46 Å². The van der Waals surface area contributed by atoms with E-state index in [2.05, 4.69) is 81.2 Å². The molecule has 0 bridgehead atoms. The Labute approximate surface area is 215 Å². The molecule has 3 aromatic carbocycles. The largest absolute Gasteiger partial charge is 0.494 e. The Morgan fingerprint density at radius 3 is 2.41 bits per heavy atom. The second-order valence-electron chi connectivity index (χ2n) is 11.8. The van der Waals surface area contributed by atoms with Crippen molar-refractivity contribution in [2.24, 2.45) is 5.92 Å². The van der Waals surface area contributed by atoms with Crippen LogP contribution >= 0.6 is 0 Å². The molecule has 2 aliphatic heterocycles. The fourth-order valence-corrected chi connectivity index (χ4v) is 5.91. The average Bonchev–Trinajstić information content (AvgIpc) is 3.20. The summed E-state index contributed by atoms with van der Waals surface area (Å²) < 4.78 is 12.5. The maximum atomic E-state index is 11.8. The number of piperidine rings is 1. The fraction of sp³-hybridized carbons (Fsp3) is 0.379. The quantitative estimate of drug-likeness (QED) is 0.367. The van der Waals surface area contributed by atoms with Crippen LogP contribution in [0.1, 0.15) is 52.4 Å². The highest BCUT2D eigenvalue weighted by atomic mass is 16.7. The van der Waals surface area contributed by atoms with Gasteiger partial charge >= 0.3 is 13.2 Å². The van der Waals surface area contributed by atoms with E-state index < -0.39 is 6.09 Å². The van der Waals surface area contributed by atoms with E-state index >= 15 is 0 Å². The first kappa shape index (κ1) is 22.8. The number of fused-ring (bicyclic) bond motifs is 3. The highest BCUT2D eigenvalue weighted by molar-refractivity contribution is 6.62. The Morgan fingerprint density at radius 2 is 1.65 bits per heavy atom. The van der Waals surface area contributed by atoms with Gasteiger partial charge in [-0.05, 0) is 92.0 Å². The minimum absolute atomic E-state index is 0.161. The van der Waals surface area contributed by atoms with Gasteiger partial charge in [0.2, 0.25) is 0 Å². The molecular formula is C29H30BN3O4. The Morgan fingerprint density at radius 1 is 0.973 bits per heavy atom. The number of hydrogen-bond acceptors (Lipinski definition) is 4. The Bertz CT molecular complexity index is 1560. The number of nitrogens with one attached hydrogen (secondary N) is 1. The van der Waals surface area contributed by atoms with E-state index in [1.54, 1.807) is 4.90 Å². The molecular weight excluding hydrogens is 465 g/mol. The molecule has 7 rings (SSSR count). The average molecular weight is 495 g/mol. The Hall–Kier alpha value is -3.36. The van der Waals surface area contributed by atoms with E-state index in [4.69, 9.17) is 14.3 Å². The third-order valence-corrected chi connectivity index (χ3v) is 8.86. The van der Waals surface area contributed by atoms with Crippen molar-refractivity contribution in [1.82, 2.24) is 14.9 Å². The first-order valence-corrected chi connectivity index (χ1v) is 13.0. The SMILES string of the molecule is CC1(C)OB(c2ccc3cc(-c4ccc5nc(C6CC7CC7N6C(=O)O)[nH]c5c4)ccc3c2)OC1(C)C. The second-order valence-corrected chi connectivity index (χ2v) is 11.8. The molecule has 4 aromatic rings. The number of benzene rings is 3. The van der Waals surface area contributed by atoms with Gasteiger partial charge in [0.05, 0.1) is 28.3 Å². The van der Waals surface area contributed by atoms with Crippen LogP contribution in [0.2, 0.25) is 0 Å². The minimum atomic E-state index is -0.853. The normalized spacial score (nSPS) is 25.7. The fourth-order valence-electron chi connectivity index (χ4n) is 5.91. The van der Waals surface area contributed by atoms with Gasteiger partial charge in [0.1, 0.15) is 5.82 Å². The van der Waals surface area contributed by atoms with Gasteiger partial charge < -0.3 is 19.4 Å². The number of hydrogen-bond donors (Lipinski definition) is 2. The summed E-state index contributed by atoms with van der Waals surface area (Å²) in [6.07, 6.45) is 0.976. The lowest BCUT2D eigenvalue weighted by atomic mass is 9.78. The molecule has 3 unspecified atom stereocenters. The molecule has 1 aromatic heterocycles. The molecule has 0 radical (unpaired) electrons. The van der Waals surface area contributed by atoms with Gasteiger partial charge in [-0.25, -0.2) is 9.78 Å². The van der Waals surface area contributed by atoms with Gasteiger partial charge in [0.25, 0.3) is 0 Å². The standard InChI is InChI=1S/C29H30BN3O4/c1-28(2)29(3,4)37-30(36-28)21-9-7-17-11-16(5-6-18(17)12-21)19-8-10-22-23(13-19)32-26(31-22)25-15-20-14-24(20)33(25)27(34)35/h5-13,20,24-25H,14-15H2,1-4H3,(H,31,32)(H,34,35). The summed E-state index contributed by atoms with van der Waals surface area (Å²) in [5.74, 6) is 1.23. The summed E-state index contributed by atoms with van der Waals surface area (Å²) in [4.78, 5) is 21.6. The lowest BCUT2D eigenvalue weighted by Crippen LogP contribution is -2.41. The summed E-state index contributed by atoms with van der Waals surface area (Å²) in [5, 5.41) is 12.0. The van der Waals surface area contributed by atoms with Crippen LogP contribution in [0, 0.1) is 5.92 Å². The van der Waals surface area contributed by atoms with E-state index in [9.17, 15) is 9.90 Å². The molecule has 7 nitrogen and oxygen atoms in total. The molecule has 3 atom stereocenters. The zero-order chi connectivity index (χ0) is 25.7. The molecule has 3 fully saturated rings. The van der Waals surface area contributed by atoms with Crippen LogP contribution in [-0.4, -0.2) is 50.4 Å². The number of aromatic amines is 1. The summed E-state index contributed by atoms with van der Waals surface area (Å²) in [6, 6.07) is 19.0. The Kier molecular flexibility index (Phi) is 4.68. The topological polar surface area (TPSA) is 87.7 Å². The molecule has 1 aliphatic carbocycles. The molecule has 2 N–H and O–H groups in total. The van der Waals surface area contributed by atoms with Gasteiger partial charge in [0.15, 0.2) is 0 Å². The van der Waals surface area contributed by atoms with Crippen molar-refractivity contribution in [2.45, 2.75) is 63.8 Å². The molecule has 37 heavy (non-hydrogen) atoms. The van der Waals surface area contributed by atoms with E-state index in [-0.39, 0.29) is 30.4 Å².